The van der Waals surface area contributed by atoms with Crippen LogP contribution >= 0.6 is 27.7 Å². The molecule has 25 heavy (non-hydrogen) atoms. The molecule has 0 saturated carbocycles. The lowest BCUT2D eigenvalue weighted by molar-refractivity contribution is -0.130. The minimum atomic E-state index is -0.0156. The Hall–Kier alpha value is -1.66. The first kappa shape index (κ1) is 18.1. The zero-order valence-electron chi connectivity index (χ0n) is 14.2. The van der Waals surface area contributed by atoms with E-state index in [0.717, 1.165) is 39.4 Å². The summed E-state index contributed by atoms with van der Waals surface area (Å²) >= 11 is 5.29. The molecular weight excluding hydrogens is 402 g/mol. The third-order valence-electron chi connectivity index (χ3n) is 4.18. The highest BCUT2D eigenvalue weighted by Gasteiger charge is 2.32. The molecule has 0 aliphatic carbocycles. The average Bonchev–Trinajstić information content (AvgIpc) is 3.12. The van der Waals surface area contributed by atoms with Gasteiger partial charge in [0.1, 0.15) is 16.9 Å². The fourth-order valence-corrected chi connectivity index (χ4v) is 4.57. The molecule has 2 aromatic carbocycles. The van der Waals surface area contributed by atoms with Crippen LogP contribution in [0.5, 0.6) is 11.5 Å². The molecule has 1 atom stereocenters. The van der Waals surface area contributed by atoms with Gasteiger partial charge in [0.05, 0.1) is 20.6 Å². The molecule has 0 aromatic heterocycles. The van der Waals surface area contributed by atoms with Gasteiger partial charge in [-0.1, -0.05) is 28.1 Å². The summed E-state index contributed by atoms with van der Waals surface area (Å²) in [6.45, 7) is 0.750. The molecule has 1 fully saturated rings. The molecule has 1 saturated heterocycles. The van der Waals surface area contributed by atoms with Crippen LogP contribution in [0.3, 0.4) is 0 Å². The maximum atomic E-state index is 12.9. The van der Waals surface area contributed by atoms with Crippen molar-refractivity contribution in [1.82, 2.24) is 4.90 Å². The van der Waals surface area contributed by atoms with Crippen LogP contribution in [0.25, 0.3) is 0 Å². The highest BCUT2D eigenvalue weighted by Crippen LogP contribution is 2.43. The van der Waals surface area contributed by atoms with Gasteiger partial charge in [0, 0.05) is 22.3 Å². The lowest BCUT2D eigenvalue weighted by Gasteiger charge is -2.25. The molecule has 4 nitrogen and oxygen atoms in total. The normalized spacial score (nSPS) is 16.8. The van der Waals surface area contributed by atoms with Crippen molar-refractivity contribution in [3.63, 3.8) is 0 Å². The summed E-state index contributed by atoms with van der Waals surface area (Å²) in [6, 6.07) is 13.6. The third-order valence-corrected chi connectivity index (χ3v) is 5.92. The average molecular weight is 422 g/mol. The van der Waals surface area contributed by atoms with Gasteiger partial charge >= 0.3 is 0 Å². The maximum absolute atomic E-state index is 12.9. The Morgan fingerprint density at radius 1 is 1.20 bits per heavy atom. The van der Waals surface area contributed by atoms with Gasteiger partial charge < -0.3 is 14.4 Å². The van der Waals surface area contributed by atoms with Crippen LogP contribution in [0, 0.1) is 0 Å². The second-order valence-electron chi connectivity index (χ2n) is 5.72. The number of carbonyl (C=O) groups excluding carboxylic acids is 1. The Labute approximate surface area is 160 Å². The van der Waals surface area contributed by atoms with Gasteiger partial charge in [-0.3, -0.25) is 4.79 Å². The monoisotopic (exact) mass is 421 g/mol. The van der Waals surface area contributed by atoms with Crippen LogP contribution in [-0.2, 0) is 11.2 Å². The SMILES string of the molecule is COc1ccc(CC(=O)N2CCSC2c2cc(Br)ccc2OC)cc1. The van der Waals surface area contributed by atoms with Crippen LogP contribution in [0.2, 0.25) is 0 Å². The summed E-state index contributed by atoms with van der Waals surface area (Å²) in [5, 5.41) is -0.0156. The van der Waals surface area contributed by atoms with E-state index in [1.165, 1.54) is 0 Å². The van der Waals surface area contributed by atoms with Crippen LogP contribution in [-0.4, -0.2) is 37.3 Å². The van der Waals surface area contributed by atoms with E-state index >= 15 is 0 Å². The molecule has 1 amide bonds. The van der Waals surface area contributed by atoms with Gasteiger partial charge in [-0.05, 0) is 35.9 Å². The molecule has 3 rings (SSSR count). The number of hydrogen-bond donors (Lipinski definition) is 0. The number of ether oxygens (including phenoxy) is 2. The maximum Gasteiger partial charge on any atom is 0.228 e. The molecule has 1 heterocycles. The molecule has 0 radical (unpaired) electrons. The number of nitrogens with zero attached hydrogens (tertiary/aromatic N) is 1. The number of halogens is 1. The van der Waals surface area contributed by atoms with E-state index in [0.29, 0.717) is 6.42 Å². The summed E-state index contributed by atoms with van der Waals surface area (Å²) in [7, 11) is 3.30. The second kappa shape index (κ2) is 8.15. The van der Waals surface area contributed by atoms with E-state index in [-0.39, 0.29) is 11.3 Å². The molecule has 1 unspecified atom stereocenters. The van der Waals surface area contributed by atoms with E-state index in [2.05, 4.69) is 15.9 Å². The van der Waals surface area contributed by atoms with Crippen molar-refractivity contribution in [1.29, 1.82) is 0 Å². The van der Waals surface area contributed by atoms with E-state index in [1.54, 1.807) is 26.0 Å². The number of benzene rings is 2. The standard InChI is InChI=1S/C19H20BrNO3S/c1-23-15-6-3-13(4-7-15)11-18(22)21-9-10-25-19(21)16-12-14(20)5-8-17(16)24-2/h3-8,12,19H,9-11H2,1-2H3. The Balaban J connectivity index is 1.78. The lowest BCUT2D eigenvalue weighted by atomic mass is 10.1. The number of amides is 1. The molecule has 1 aliphatic heterocycles. The lowest BCUT2D eigenvalue weighted by Crippen LogP contribution is -2.31. The molecule has 6 heteroatoms. The van der Waals surface area contributed by atoms with Crippen molar-refractivity contribution in [3.8, 4) is 11.5 Å². The summed E-state index contributed by atoms with van der Waals surface area (Å²) < 4.78 is 11.7. The van der Waals surface area contributed by atoms with Crippen LogP contribution in [0.15, 0.2) is 46.9 Å². The van der Waals surface area contributed by atoms with Crippen LogP contribution in [0.1, 0.15) is 16.5 Å². The number of rotatable bonds is 5. The van der Waals surface area contributed by atoms with E-state index < -0.39 is 0 Å². The Bertz CT molecular complexity index is 751. The first-order valence-corrected chi connectivity index (χ1v) is 9.84. The van der Waals surface area contributed by atoms with Crippen molar-refractivity contribution >= 4 is 33.6 Å². The molecule has 0 spiro atoms. The largest absolute Gasteiger partial charge is 0.497 e. The van der Waals surface area contributed by atoms with Crippen molar-refractivity contribution in [2.45, 2.75) is 11.8 Å². The molecule has 1 aliphatic rings. The van der Waals surface area contributed by atoms with Gasteiger partial charge in [0.2, 0.25) is 5.91 Å². The first-order chi connectivity index (χ1) is 12.1. The number of methoxy groups -OCH3 is 2. The van der Waals surface area contributed by atoms with Crippen molar-refractivity contribution in [3.05, 3.63) is 58.1 Å². The van der Waals surface area contributed by atoms with Gasteiger partial charge in [0.15, 0.2) is 0 Å². The predicted octanol–water partition coefficient (Wildman–Crippen LogP) is 4.28. The second-order valence-corrected chi connectivity index (χ2v) is 7.83. The molecule has 132 valence electrons. The molecule has 0 bridgehead atoms. The highest BCUT2D eigenvalue weighted by molar-refractivity contribution is 9.10. The van der Waals surface area contributed by atoms with E-state index in [1.807, 2.05) is 47.4 Å². The minimum absolute atomic E-state index is 0.0156. The molecule has 0 N–H and O–H groups in total. The van der Waals surface area contributed by atoms with Crippen LogP contribution < -0.4 is 9.47 Å². The molecular formula is C19H20BrNO3S. The Morgan fingerprint density at radius 3 is 2.64 bits per heavy atom. The summed E-state index contributed by atoms with van der Waals surface area (Å²) in [5.41, 5.74) is 2.02. The number of carbonyl (C=O) groups is 1. The fourth-order valence-electron chi connectivity index (χ4n) is 2.90. The van der Waals surface area contributed by atoms with Gasteiger partial charge in [-0.25, -0.2) is 0 Å². The third kappa shape index (κ3) is 4.12. The smallest absolute Gasteiger partial charge is 0.228 e. The predicted molar refractivity (Wildman–Crippen MR) is 104 cm³/mol. The molecule has 2 aromatic rings. The number of thioether (sulfide) groups is 1. The van der Waals surface area contributed by atoms with Gasteiger partial charge in [0.25, 0.3) is 0 Å². The number of hydrogen-bond acceptors (Lipinski definition) is 4. The minimum Gasteiger partial charge on any atom is -0.497 e. The zero-order valence-corrected chi connectivity index (χ0v) is 16.6. The van der Waals surface area contributed by atoms with Crippen molar-refractivity contribution in [2.75, 3.05) is 26.5 Å². The highest BCUT2D eigenvalue weighted by atomic mass is 79.9. The topological polar surface area (TPSA) is 38.8 Å². The zero-order chi connectivity index (χ0) is 17.8. The van der Waals surface area contributed by atoms with E-state index in [9.17, 15) is 4.79 Å². The van der Waals surface area contributed by atoms with Gasteiger partial charge in [-0.2, -0.15) is 0 Å². The summed E-state index contributed by atoms with van der Waals surface area (Å²) in [5.74, 6) is 2.66. The van der Waals surface area contributed by atoms with Gasteiger partial charge in [-0.15, -0.1) is 11.8 Å². The fraction of sp³-hybridized carbons (Fsp3) is 0.316. The first-order valence-electron chi connectivity index (χ1n) is 8.00. The van der Waals surface area contributed by atoms with E-state index in [4.69, 9.17) is 9.47 Å². The Kier molecular flexibility index (Phi) is 5.91. The Morgan fingerprint density at radius 2 is 1.96 bits per heavy atom. The summed E-state index contributed by atoms with van der Waals surface area (Å²) in [6.07, 6.45) is 0.386. The van der Waals surface area contributed by atoms with Crippen molar-refractivity contribution < 1.29 is 14.3 Å². The van der Waals surface area contributed by atoms with Crippen molar-refractivity contribution in [2.24, 2.45) is 0 Å². The quantitative estimate of drug-likeness (QED) is 0.721. The van der Waals surface area contributed by atoms with Crippen LogP contribution in [0.4, 0.5) is 0 Å². The summed E-state index contributed by atoms with van der Waals surface area (Å²) in [4.78, 5) is 14.8.